The number of hydrogen-bond acceptors (Lipinski definition) is 4. The number of ether oxygens (including phenoxy) is 2. The second-order valence-electron chi connectivity index (χ2n) is 5.15. The molecule has 1 atom stereocenters. The summed E-state index contributed by atoms with van der Waals surface area (Å²) in [6, 6.07) is 2.03. The van der Waals surface area contributed by atoms with Crippen molar-refractivity contribution >= 4 is 0 Å². The summed E-state index contributed by atoms with van der Waals surface area (Å²) in [6.07, 6.45) is 4.15. The van der Waals surface area contributed by atoms with E-state index in [1.165, 1.54) is 0 Å². The van der Waals surface area contributed by atoms with Crippen molar-refractivity contribution in [3.8, 4) is 5.75 Å². The molecule has 0 aromatic carbocycles. The molecule has 4 nitrogen and oxygen atoms in total. The summed E-state index contributed by atoms with van der Waals surface area (Å²) in [5.74, 6) is 1.49. The Bertz CT molecular complexity index is 390. The summed E-state index contributed by atoms with van der Waals surface area (Å²) >= 11 is 0. The van der Waals surface area contributed by atoms with Crippen LogP contribution in [0.15, 0.2) is 12.3 Å². The van der Waals surface area contributed by atoms with Gasteiger partial charge in [-0.05, 0) is 26.3 Å². The third kappa shape index (κ3) is 4.48. The first kappa shape index (κ1) is 14.3. The Balaban J connectivity index is 1.93. The van der Waals surface area contributed by atoms with Crippen LogP contribution >= 0.6 is 0 Å². The summed E-state index contributed by atoms with van der Waals surface area (Å²) in [7, 11) is 0. The number of nitrogens with zero attached hydrogens (tertiary/aromatic N) is 1. The Morgan fingerprint density at radius 1 is 1.53 bits per heavy atom. The maximum Gasteiger partial charge on any atom is 0.127 e. The maximum absolute atomic E-state index is 5.97. The van der Waals surface area contributed by atoms with E-state index in [1.54, 1.807) is 0 Å². The molecule has 1 fully saturated rings. The molecule has 1 N–H and O–H groups in total. The molecule has 0 amide bonds. The molecule has 0 bridgehead atoms. The van der Waals surface area contributed by atoms with Gasteiger partial charge in [-0.3, -0.25) is 4.98 Å². The van der Waals surface area contributed by atoms with Crippen molar-refractivity contribution in [1.29, 1.82) is 0 Å². The van der Waals surface area contributed by atoms with Crippen LogP contribution in [0.25, 0.3) is 0 Å². The van der Waals surface area contributed by atoms with Crippen LogP contribution in [0, 0.1) is 12.8 Å². The third-order valence-electron chi connectivity index (χ3n) is 3.32. The quantitative estimate of drug-likeness (QED) is 0.767. The number of aryl methyl sites for hydroxylation is 1. The molecule has 4 heteroatoms. The molecule has 2 heterocycles. The van der Waals surface area contributed by atoms with Crippen molar-refractivity contribution in [1.82, 2.24) is 10.3 Å². The number of nitrogens with one attached hydrogen (secondary N) is 1. The van der Waals surface area contributed by atoms with Crippen LogP contribution in [0.1, 0.15) is 31.0 Å². The molecular weight excluding hydrogens is 240 g/mol. The van der Waals surface area contributed by atoms with E-state index >= 15 is 0 Å². The Morgan fingerprint density at radius 3 is 3.16 bits per heavy atom. The highest BCUT2D eigenvalue weighted by Gasteiger charge is 2.17. The highest BCUT2D eigenvalue weighted by molar-refractivity contribution is 5.32. The highest BCUT2D eigenvalue weighted by Crippen LogP contribution is 2.21. The number of hydrogen-bond donors (Lipinski definition) is 1. The van der Waals surface area contributed by atoms with E-state index in [4.69, 9.17) is 9.47 Å². The van der Waals surface area contributed by atoms with E-state index in [0.29, 0.717) is 5.92 Å². The number of aromatic nitrogens is 1. The minimum atomic E-state index is 0.532. The molecule has 1 aromatic rings. The summed E-state index contributed by atoms with van der Waals surface area (Å²) in [5, 5.41) is 3.39. The molecule has 0 radical (unpaired) electrons. The van der Waals surface area contributed by atoms with E-state index in [2.05, 4.69) is 17.2 Å². The number of rotatable bonds is 7. The molecule has 1 aliphatic heterocycles. The standard InChI is InChI=1S/C15H24N2O2/c1-3-5-16-8-14-9-17-12(2)7-15(14)19-11-13-4-6-18-10-13/h7,9,13,16H,3-6,8,10-11H2,1-2H3. The Labute approximate surface area is 115 Å². The van der Waals surface area contributed by atoms with Crippen LogP contribution in [0.2, 0.25) is 0 Å². The molecule has 2 rings (SSSR count). The molecule has 0 spiro atoms. The molecule has 1 saturated heterocycles. The fourth-order valence-corrected chi connectivity index (χ4v) is 2.15. The van der Waals surface area contributed by atoms with Crippen molar-refractivity contribution in [3.63, 3.8) is 0 Å². The SMILES string of the molecule is CCCNCc1cnc(C)cc1OCC1CCOC1. The van der Waals surface area contributed by atoms with Crippen molar-refractivity contribution in [3.05, 3.63) is 23.5 Å². The van der Waals surface area contributed by atoms with Gasteiger partial charge in [0, 0.05) is 42.6 Å². The average molecular weight is 264 g/mol. The first-order valence-corrected chi connectivity index (χ1v) is 7.16. The Kier molecular flexibility index (Phi) is 5.61. The zero-order valence-corrected chi connectivity index (χ0v) is 11.9. The van der Waals surface area contributed by atoms with Crippen molar-refractivity contribution in [2.75, 3.05) is 26.4 Å². The van der Waals surface area contributed by atoms with E-state index < -0.39 is 0 Å². The first-order valence-electron chi connectivity index (χ1n) is 7.16. The van der Waals surface area contributed by atoms with E-state index in [1.807, 2.05) is 19.2 Å². The fourth-order valence-electron chi connectivity index (χ4n) is 2.15. The third-order valence-corrected chi connectivity index (χ3v) is 3.32. The van der Waals surface area contributed by atoms with Crippen LogP contribution in [0.3, 0.4) is 0 Å². The van der Waals surface area contributed by atoms with E-state index in [-0.39, 0.29) is 0 Å². The smallest absolute Gasteiger partial charge is 0.127 e. The second-order valence-corrected chi connectivity index (χ2v) is 5.15. The van der Waals surface area contributed by atoms with E-state index in [0.717, 1.165) is 62.8 Å². The van der Waals surface area contributed by atoms with Gasteiger partial charge in [0.05, 0.1) is 13.2 Å². The summed E-state index contributed by atoms with van der Waals surface area (Å²) in [5.41, 5.74) is 2.13. The number of pyridine rings is 1. The lowest BCUT2D eigenvalue weighted by atomic mass is 10.1. The summed E-state index contributed by atoms with van der Waals surface area (Å²) in [6.45, 7) is 8.43. The van der Waals surface area contributed by atoms with Gasteiger partial charge in [-0.2, -0.15) is 0 Å². The van der Waals surface area contributed by atoms with Crippen LogP contribution < -0.4 is 10.1 Å². The lowest BCUT2D eigenvalue weighted by molar-refractivity contribution is 0.166. The molecule has 0 aliphatic carbocycles. The predicted octanol–water partition coefficient (Wildman–Crippen LogP) is 2.30. The molecule has 106 valence electrons. The fraction of sp³-hybridized carbons (Fsp3) is 0.667. The molecule has 1 aliphatic rings. The minimum Gasteiger partial charge on any atom is -0.493 e. The van der Waals surface area contributed by atoms with Gasteiger partial charge in [-0.15, -0.1) is 0 Å². The zero-order valence-electron chi connectivity index (χ0n) is 11.9. The molecule has 1 aromatic heterocycles. The summed E-state index contributed by atoms with van der Waals surface area (Å²) in [4.78, 5) is 4.35. The largest absolute Gasteiger partial charge is 0.493 e. The van der Waals surface area contributed by atoms with Gasteiger partial charge in [0.15, 0.2) is 0 Å². The van der Waals surface area contributed by atoms with Crippen molar-refractivity contribution in [2.45, 2.75) is 33.2 Å². The normalized spacial score (nSPS) is 18.7. The monoisotopic (exact) mass is 264 g/mol. The minimum absolute atomic E-state index is 0.532. The topological polar surface area (TPSA) is 43.4 Å². The molecule has 19 heavy (non-hydrogen) atoms. The van der Waals surface area contributed by atoms with Gasteiger partial charge >= 0.3 is 0 Å². The van der Waals surface area contributed by atoms with Gasteiger partial charge < -0.3 is 14.8 Å². The van der Waals surface area contributed by atoms with Gasteiger partial charge in [-0.25, -0.2) is 0 Å². The van der Waals surface area contributed by atoms with Crippen LogP contribution in [0.5, 0.6) is 5.75 Å². The van der Waals surface area contributed by atoms with E-state index in [9.17, 15) is 0 Å². The second kappa shape index (κ2) is 7.46. The highest BCUT2D eigenvalue weighted by atomic mass is 16.5. The lowest BCUT2D eigenvalue weighted by Crippen LogP contribution is -2.17. The van der Waals surface area contributed by atoms with Gasteiger partial charge in [-0.1, -0.05) is 6.92 Å². The van der Waals surface area contributed by atoms with Crippen molar-refractivity contribution in [2.24, 2.45) is 5.92 Å². The first-order chi connectivity index (χ1) is 9.29. The van der Waals surface area contributed by atoms with Gasteiger partial charge in [0.1, 0.15) is 5.75 Å². The Hall–Kier alpha value is -1.13. The zero-order chi connectivity index (χ0) is 13.5. The summed E-state index contributed by atoms with van der Waals surface area (Å²) < 4.78 is 11.3. The van der Waals surface area contributed by atoms with Gasteiger partial charge in [0.25, 0.3) is 0 Å². The maximum atomic E-state index is 5.97. The molecule has 1 unspecified atom stereocenters. The Morgan fingerprint density at radius 2 is 2.42 bits per heavy atom. The van der Waals surface area contributed by atoms with Crippen LogP contribution in [-0.4, -0.2) is 31.3 Å². The van der Waals surface area contributed by atoms with Crippen LogP contribution in [-0.2, 0) is 11.3 Å². The average Bonchev–Trinajstić information content (AvgIpc) is 2.92. The van der Waals surface area contributed by atoms with Crippen LogP contribution in [0.4, 0.5) is 0 Å². The van der Waals surface area contributed by atoms with Gasteiger partial charge in [0.2, 0.25) is 0 Å². The predicted molar refractivity (Wildman–Crippen MR) is 75.4 cm³/mol. The lowest BCUT2D eigenvalue weighted by Gasteiger charge is -2.14. The van der Waals surface area contributed by atoms with Crippen molar-refractivity contribution < 1.29 is 9.47 Å². The molecular formula is C15H24N2O2. The molecule has 0 saturated carbocycles.